The first kappa shape index (κ1) is 23.2. The fourth-order valence-electron chi connectivity index (χ4n) is 0. The molecule has 0 aliphatic rings. The smallest absolute Gasteiger partial charge is 0.412 e. The van der Waals surface area contributed by atoms with Crippen molar-refractivity contribution in [3.05, 3.63) is 30.6 Å². The Morgan fingerprint density at radius 3 is 0.800 bits per heavy atom. The molecule has 0 saturated carbocycles. The Morgan fingerprint density at radius 2 is 0.800 bits per heavy atom. The molecule has 10 heteroatoms. The minimum absolute atomic E-state index is 0. The van der Waals surface area contributed by atoms with E-state index in [2.05, 4.69) is 0 Å². The summed E-state index contributed by atoms with van der Waals surface area (Å²) in [6, 6.07) is 0. The fourth-order valence-corrected chi connectivity index (χ4v) is 0. The Balaban J connectivity index is -0.0000000300. The average molecular weight is 201 g/mol. The molecule has 0 unspecified atom stereocenters. The molecule has 0 aliphatic carbocycles. The van der Waals surface area contributed by atoms with Crippen molar-refractivity contribution in [2.45, 2.75) is 0 Å². The topological polar surface area (TPSA) is 164 Å². The van der Waals surface area contributed by atoms with Crippen LogP contribution in [0.2, 0.25) is 0 Å². The van der Waals surface area contributed by atoms with Gasteiger partial charge in [0.05, 0.1) is 10.2 Å². The summed E-state index contributed by atoms with van der Waals surface area (Å²) < 4.78 is 0. The number of nitrogens with zero attached hydrogens (tertiary/aromatic N) is 2. The number of rotatable bonds is 0. The van der Waals surface area contributed by atoms with Crippen molar-refractivity contribution in [1.29, 1.82) is 0 Å². The van der Waals surface area contributed by atoms with Crippen molar-refractivity contribution in [2.75, 3.05) is 0 Å². The van der Waals surface area contributed by atoms with Crippen LogP contribution in [-0.4, -0.2) is 15.6 Å². The molecule has 0 amide bonds. The van der Waals surface area contributed by atoms with Crippen LogP contribution in [0, 0.1) is 30.6 Å². The third kappa shape index (κ3) is 179. The zero-order valence-corrected chi connectivity index (χ0v) is 5.15. The maximum absolute atomic E-state index is 8.25. The molecule has 0 fully saturated rings. The van der Waals surface area contributed by atoms with Crippen molar-refractivity contribution < 1.29 is 32.1 Å². The van der Waals surface area contributed by atoms with E-state index in [1.165, 1.54) is 0 Å². The number of hydrogen-bond donors (Lipinski definition) is 0. The van der Waals surface area contributed by atoms with E-state index in [0.717, 1.165) is 0 Å². The Bertz CT molecular complexity index is 69.6. The minimum Gasteiger partial charge on any atom is -0.412 e. The van der Waals surface area contributed by atoms with Gasteiger partial charge < -0.3 is 36.1 Å². The molecule has 10 heavy (non-hydrogen) atoms. The van der Waals surface area contributed by atoms with Crippen LogP contribution in [-0.2, 0) is 16.5 Å². The van der Waals surface area contributed by atoms with Gasteiger partial charge in [0.2, 0.25) is 0 Å². The Labute approximate surface area is 63.7 Å². The third-order valence-corrected chi connectivity index (χ3v) is 0. The van der Waals surface area contributed by atoms with Gasteiger partial charge in [-0.25, -0.2) is 0 Å². The van der Waals surface area contributed by atoms with Crippen molar-refractivity contribution in [2.24, 2.45) is 0 Å². The largest absolute Gasteiger partial charge is 2.00 e. The molecule has 0 aliphatic heterocycles. The van der Waals surface area contributed by atoms with Crippen LogP contribution in [0.3, 0.4) is 0 Å². The zero-order valence-electron chi connectivity index (χ0n) is 4.16. The van der Waals surface area contributed by atoms with Crippen molar-refractivity contribution in [1.82, 2.24) is 0 Å². The molecule has 0 atom stereocenters. The van der Waals surface area contributed by atoms with E-state index in [1.807, 2.05) is 0 Å². The molecule has 0 spiro atoms. The van der Waals surface area contributed by atoms with Crippen LogP contribution in [0.25, 0.3) is 0 Å². The van der Waals surface area contributed by atoms with E-state index in [-0.39, 0.29) is 22.0 Å². The SMILES string of the molecule is O.O=[N+]([O-])[O-].O=[N+]([O-])[O-].[Ni+2]. The number of hydrogen-bond acceptors (Lipinski definition) is 6. The van der Waals surface area contributed by atoms with Gasteiger partial charge in [0.15, 0.2) is 0 Å². The Kier molecular flexibility index (Phi) is 36.3. The standard InChI is InChI=1S/2NO3.Ni.H2O/c2*2-1(3)4;;/h;;;1H2/q2*-1;+2;. The molecule has 0 rings (SSSR count). The van der Waals surface area contributed by atoms with Gasteiger partial charge >= 0.3 is 16.5 Å². The molecule has 64 valence electrons. The minimum atomic E-state index is -1.75. The Morgan fingerprint density at radius 1 is 0.800 bits per heavy atom. The molecular weight excluding hydrogens is 199 g/mol. The van der Waals surface area contributed by atoms with Crippen molar-refractivity contribution in [3.63, 3.8) is 0 Å². The summed E-state index contributed by atoms with van der Waals surface area (Å²) in [4.78, 5) is 16.5. The second-order valence-corrected chi connectivity index (χ2v) is 0.447. The van der Waals surface area contributed by atoms with Crippen LogP contribution in [0.15, 0.2) is 0 Å². The van der Waals surface area contributed by atoms with Gasteiger partial charge in [0, 0.05) is 0 Å². The maximum Gasteiger partial charge on any atom is 2.00 e. The van der Waals surface area contributed by atoms with E-state index in [0.29, 0.717) is 0 Å². The summed E-state index contributed by atoms with van der Waals surface area (Å²) in [6.07, 6.45) is 0. The van der Waals surface area contributed by atoms with Crippen molar-refractivity contribution >= 4 is 0 Å². The molecule has 9 nitrogen and oxygen atoms in total. The molecule has 0 heterocycles. The molecule has 0 radical (unpaired) electrons. The van der Waals surface area contributed by atoms with Gasteiger partial charge in [-0.15, -0.1) is 0 Å². The van der Waals surface area contributed by atoms with Gasteiger partial charge in [0.1, 0.15) is 0 Å². The first-order valence-corrected chi connectivity index (χ1v) is 1.10. The predicted octanol–water partition coefficient (Wildman–Crippen LogP) is -1.31. The van der Waals surface area contributed by atoms with Crippen LogP contribution in [0.1, 0.15) is 0 Å². The molecule has 0 saturated heterocycles. The summed E-state index contributed by atoms with van der Waals surface area (Å²) in [5, 5.41) is 29.5. The summed E-state index contributed by atoms with van der Waals surface area (Å²) in [5.41, 5.74) is 0. The van der Waals surface area contributed by atoms with Gasteiger partial charge in [-0.1, -0.05) is 0 Å². The molecule has 2 N–H and O–H groups in total. The van der Waals surface area contributed by atoms with Crippen LogP contribution in [0.4, 0.5) is 0 Å². The van der Waals surface area contributed by atoms with Gasteiger partial charge in [-0.05, 0) is 0 Å². The maximum atomic E-state index is 8.25. The van der Waals surface area contributed by atoms with Gasteiger partial charge in [0.25, 0.3) is 0 Å². The summed E-state index contributed by atoms with van der Waals surface area (Å²) in [5.74, 6) is 0. The molecule has 0 aromatic rings. The molecule has 0 aromatic heterocycles. The predicted molar refractivity (Wildman–Crippen MR) is 24.3 cm³/mol. The van der Waals surface area contributed by atoms with E-state index in [9.17, 15) is 0 Å². The summed E-state index contributed by atoms with van der Waals surface area (Å²) in [6.45, 7) is 0. The third-order valence-electron chi connectivity index (χ3n) is 0. The molecular formula is H2N2NiO7. The first-order valence-electron chi connectivity index (χ1n) is 1.10. The van der Waals surface area contributed by atoms with Gasteiger partial charge in [-0.2, -0.15) is 0 Å². The first-order chi connectivity index (χ1) is 3.46. The zero-order chi connectivity index (χ0) is 7.15. The quantitative estimate of drug-likeness (QED) is 0.268. The second-order valence-electron chi connectivity index (χ2n) is 0.447. The summed E-state index contributed by atoms with van der Waals surface area (Å²) in [7, 11) is 0. The van der Waals surface area contributed by atoms with Crippen LogP contribution in [0.5, 0.6) is 0 Å². The second kappa shape index (κ2) is 15.7. The van der Waals surface area contributed by atoms with E-state index in [4.69, 9.17) is 30.6 Å². The van der Waals surface area contributed by atoms with E-state index < -0.39 is 10.2 Å². The van der Waals surface area contributed by atoms with Gasteiger partial charge in [-0.3, -0.25) is 0 Å². The Hall–Kier alpha value is -1.15. The summed E-state index contributed by atoms with van der Waals surface area (Å²) >= 11 is 0. The molecule has 0 aromatic carbocycles. The average Bonchev–Trinajstić information content (AvgIpc) is 1.25. The van der Waals surface area contributed by atoms with Crippen LogP contribution < -0.4 is 0 Å². The monoisotopic (exact) mass is 200 g/mol. The van der Waals surface area contributed by atoms with Crippen molar-refractivity contribution in [3.8, 4) is 0 Å². The normalized spacial score (nSPS) is 4.80. The fraction of sp³-hybridized carbons (Fsp3) is 0. The van der Waals surface area contributed by atoms with Crippen LogP contribution >= 0.6 is 0 Å². The molecule has 0 bridgehead atoms. The van der Waals surface area contributed by atoms with E-state index >= 15 is 0 Å². The van der Waals surface area contributed by atoms with E-state index in [1.54, 1.807) is 0 Å².